The number of hydrogen-bond acceptors (Lipinski definition) is 5. The van der Waals surface area contributed by atoms with Crippen molar-refractivity contribution in [3.05, 3.63) is 101 Å². The largest absolute Gasteiger partial charge is 0.340 e. The zero-order valence-corrected chi connectivity index (χ0v) is 18.3. The molecule has 1 amide bonds. The predicted molar refractivity (Wildman–Crippen MR) is 130 cm³/mol. The SMILES string of the molecule is Cc1ccc(Nc2cc(Nc3ccc(NC(=O)c4ccccc4C)cc3)nc(C)n2)cc1. The lowest BCUT2D eigenvalue weighted by molar-refractivity contribution is 0.102. The summed E-state index contributed by atoms with van der Waals surface area (Å²) in [5.41, 5.74) is 5.36. The van der Waals surface area contributed by atoms with Gasteiger partial charge in [-0.25, -0.2) is 9.97 Å². The number of amides is 1. The van der Waals surface area contributed by atoms with E-state index in [9.17, 15) is 4.79 Å². The molecule has 0 saturated heterocycles. The van der Waals surface area contributed by atoms with Gasteiger partial charge in [0.15, 0.2) is 0 Å². The van der Waals surface area contributed by atoms with Crippen LogP contribution in [-0.4, -0.2) is 15.9 Å². The lowest BCUT2D eigenvalue weighted by Crippen LogP contribution is -2.13. The van der Waals surface area contributed by atoms with Gasteiger partial charge < -0.3 is 16.0 Å². The van der Waals surface area contributed by atoms with Crippen LogP contribution in [0.15, 0.2) is 78.9 Å². The molecule has 3 N–H and O–H groups in total. The number of nitrogens with zero attached hydrogens (tertiary/aromatic N) is 2. The number of carbonyl (C=O) groups excluding carboxylic acids is 1. The first-order valence-corrected chi connectivity index (χ1v) is 10.4. The summed E-state index contributed by atoms with van der Waals surface area (Å²) in [5.74, 6) is 1.93. The van der Waals surface area contributed by atoms with E-state index in [4.69, 9.17) is 0 Å². The molecule has 0 atom stereocenters. The fraction of sp³-hybridized carbons (Fsp3) is 0.115. The second-order valence-corrected chi connectivity index (χ2v) is 7.65. The van der Waals surface area contributed by atoms with Gasteiger partial charge in [-0.15, -0.1) is 0 Å². The summed E-state index contributed by atoms with van der Waals surface area (Å²) in [5, 5.41) is 9.55. The van der Waals surface area contributed by atoms with E-state index in [-0.39, 0.29) is 5.91 Å². The Labute approximate surface area is 187 Å². The van der Waals surface area contributed by atoms with Crippen molar-refractivity contribution in [1.82, 2.24) is 9.97 Å². The highest BCUT2D eigenvalue weighted by Crippen LogP contribution is 2.22. The summed E-state index contributed by atoms with van der Waals surface area (Å²) < 4.78 is 0. The first-order valence-electron chi connectivity index (χ1n) is 10.4. The normalized spacial score (nSPS) is 10.5. The number of benzene rings is 3. The molecule has 1 aromatic heterocycles. The summed E-state index contributed by atoms with van der Waals surface area (Å²) in [4.78, 5) is 21.4. The molecule has 1 heterocycles. The smallest absolute Gasteiger partial charge is 0.255 e. The molecule has 32 heavy (non-hydrogen) atoms. The minimum absolute atomic E-state index is 0.123. The molecule has 0 spiro atoms. The van der Waals surface area contributed by atoms with E-state index in [0.29, 0.717) is 23.0 Å². The van der Waals surface area contributed by atoms with Gasteiger partial charge in [0.2, 0.25) is 0 Å². The fourth-order valence-electron chi connectivity index (χ4n) is 3.29. The van der Waals surface area contributed by atoms with Crippen molar-refractivity contribution in [2.75, 3.05) is 16.0 Å². The second-order valence-electron chi connectivity index (χ2n) is 7.65. The van der Waals surface area contributed by atoms with E-state index in [1.54, 1.807) is 0 Å². The molecule has 0 aliphatic rings. The number of nitrogens with one attached hydrogen (secondary N) is 3. The summed E-state index contributed by atoms with van der Waals surface area (Å²) in [6, 6.07) is 25.0. The number of aromatic nitrogens is 2. The Kier molecular flexibility index (Phi) is 6.12. The molecule has 6 heteroatoms. The third-order valence-electron chi connectivity index (χ3n) is 4.97. The molecule has 0 aliphatic carbocycles. The molecular weight excluding hydrogens is 398 g/mol. The van der Waals surface area contributed by atoms with Crippen LogP contribution in [0, 0.1) is 20.8 Å². The van der Waals surface area contributed by atoms with Gasteiger partial charge in [0.25, 0.3) is 5.91 Å². The topological polar surface area (TPSA) is 78.9 Å². The Balaban J connectivity index is 1.44. The maximum absolute atomic E-state index is 12.5. The number of hydrogen-bond donors (Lipinski definition) is 3. The van der Waals surface area contributed by atoms with E-state index < -0.39 is 0 Å². The highest BCUT2D eigenvalue weighted by Gasteiger charge is 2.09. The van der Waals surface area contributed by atoms with E-state index in [1.165, 1.54) is 5.56 Å². The van der Waals surface area contributed by atoms with E-state index >= 15 is 0 Å². The van der Waals surface area contributed by atoms with Crippen LogP contribution in [0.25, 0.3) is 0 Å². The first kappa shape index (κ1) is 21.1. The van der Waals surface area contributed by atoms with Crippen LogP contribution < -0.4 is 16.0 Å². The minimum atomic E-state index is -0.123. The fourth-order valence-corrected chi connectivity index (χ4v) is 3.29. The Morgan fingerprint density at radius 3 is 1.81 bits per heavy atom. The van der Waals surface area contributed by atoms with Crippen molar-refractivity contribution in [2.45, 2.75) is 20.8 Å². The Morgan fingerprint density at radius 2 is 1.22 bits per heavy atom. The Morgan fingerprint density at radius 1 is 0.688 bits per heavy atom. The van der Waals surface area contributed by atoms with Gasteiger partial charge in [-0.2, -0.15) is 0 Å². The average molecular weight is 424 g/mol. The molecule has 6 nitrogen and oxygen atoms in total. The van der Waals surface area contributed by atoms with Gasteiger partial charge in [0, 0.05) is 28.7 Å². The standard InChI is InChI=1S/C26H25N5O/c1-17-8-10-20(11-9-17)29-24-16-25(28-19(3)27-24)30-21-12-14-22(15-13-21)31-26(32)23-7-5-4-6-18(23)2/h4-16H,1-3H3,(H,31,32)(H2,27,28,29,30). The average Bonchev–Trinajstić information content (AvgIpc) is 2.76. The van der Waals surface area contributed by atoms with Crippen molar-refractivity contribution < 1.29 is 4.79 Å². The third-order valence-corrected chi connectivity index (χ3v) is 4.97. The predicted octanol–water partition coefficient (Wildman–Crippen LogP) is 6.14. The number of rotatable bonds is 6. The van der Waals surface area contributed by atoms with Gasteiger partial charge in [-0.1, -0.05) is 35.9 Å². The zero-order chi connectivity index (χ0) is 22.5. The molecule has 0 saturated carbocycles. The highest BCUT2D eigenvalue weighted by molar-refractivity contribution is 6.05. The monoisotopic (exact) mass is 423 g/mol. The van der Waals surface area contributed by atoms with Crippen molar-refractivity contribution >= 4 is 34.6 Å². The molecule has 0 radical (unpaired) electrons. The molecular formula is C26H25N5O. The van der Waals surface area contributed by atoms with Crippen LogP contribution in [0.2, 0.25) is 0 Å². The van der Waals surface area contributed by atoms with Gasteiger partial charge in [0.05, 0.1) is 0 Å². The summed E-state index contributed by atoms with van der Waals surface area (Å²) in [7, 11) is 0. The molecule has 160 valence electrons. The lowest BCUT2D eigenvalue weighted by atomic mass is 10.1. The van der Waals surface area contributed by atoms with Crippen LogP contribution in [0.1, 0.15) is 27.3 Å². The maximum Gasteiger partial charge on any atom is 0.255 e. The number of aryl methyl sites for hydroxylation is 3. The van der Waals surface area contributed by atoms with Crippen LogP contribution in [0.4, 0.5) is 28.7 Å². The molecule has 4 aromatic rings. The van der Waals surface area contributed by atoms with Gasteiger partial charge in [0.1, 0.15) is 17.5 Å². The van der Waals surface area contributed by atoms with Crippen LogP contribution in [0.3, 0.4) is 0 Å². The molecule has 0 bridgehead atoms. The van der Waals surface area contributed by atoms with Crippen molar-refractivity contribution in [2.24, 2.45) is 0 Å². The lowest BCUT2D eigenvalue weighted by Gasteiger charge is -2.11. The number of anilines is 5. The zero-order valence-electron chi connectivity index (χ0n) is 18.3. The number of carbonyl (C=O) groups is 1. The third kappa shape index (κ3) is 5.29. The minimum Gasteiger partial charge on any atom is -0.340 e. The van der Waals surface area contributed by atoms with Crippen molar-refractivity contribution in [3.8, 4) is 0 Å². The Hall–Kier alpha value is -4.19. The molecule has 0 aliphatic heterocycles. The first-order chi connectivity index (χ1) is 15.5. The van der Waals surface area contributed by atoms with Crippen LogP contribution >= 0.6 is 0 Å². The van der Waals surface area contributed by atoms with Crippen LogP contribution in [0.5, 0.6) is 0 Å². The van der Waals surface area contributed by atoms with E-state index in [1.807, 2.05) is 80.6 Å². The summed E-state index contributed by atoms with van der Waals surface area (Å²) in [6.45, 7) is 5.84. The summed E-state index contributed by atoms with van der Waals surface area (Å²) in [6.07, 6.45) is 0. The second kappa shape index (κ2) is 9.31. The van der Waals surface area contributed by atoms with E-state index in [2.05, 4.69) is 45.0 Å². The van der Waals surface area contributed by atoms with Crippen LogP contribution in [-0.2, 0) is 0 Å². The van der Waals surface area contributed by atoms with Gasteiger partial charge in [-0.3, -0.25) is 4.79 Å². The molecule has 4 rings (SSSR count). The summed E-state index contributed by atoms with van der Waals surface area (Å²) >= 11 is 0. The van der Waals surface area contributed by atoms with E-state index in [0.717, 1.165) is 22.6 Å². The molecule has 0 fully saturated rings. The van der Waals surface area contributed by atoms with Crippen molar-refractivity contribution in [3.63, 3.8) is 0 Å². The van der Waals surface area contributed by atoms with Gasteiger partial charge >= 0.3 is 0 Å². The maximum atomic E-state index is 12.5. The highest BCUT2D eigenvalue weighted by atomic mass is 16.1. The molecule has 0 unspecified atom stereocenters. The quantitative estimate of drug-likeness (QED) is 0.347. The Bertz CT molecular complexity index is 1230. The van der Waals surface area contributed by atoms with Crippen molar-refractivity contribution in [1.29, 1.82) is 0 Å². The van der Waals surface area contributed by atoms with Gasteiger partial charge in [-0.05, 0) is 68.8 Å². The molecule has 3 aromatic carbocycles.